The molecule has 1 heteroatoms. The van der Waals surface area contributed by atoms with Gasteiger partial charge in [-0.25, -0.2) is 0 Å². The van der Waals surface area contributed by atoms with Crippen LogP contribution in [0.1, 0.15) is 15.1 Å². The lowest BCUT2D eigenvalue weighted by atomic mass is 9.82. The van der Waals surface area contributed by atoms with Crippen molar-refractivity contribution < 1.29 is 19.5 Å². The zero-order chi connectivity index (χ0) is 37.9. The number of benzene rings is 8. The van der Waals surface area contributed by atoms with Gasteiger partial charge in [0.15, 0.2) is 0 Å². The Bertz CT molecular complexity index is 3040. The van der Waals surface area contributed by atoms with Gasteiger partial charge in [-0.1, -0.05) is 139 Å². The van der Waals surface area contributed by atoms with E-state index in [0.29, 0.717) is 16.3 Å². The Morgan fingerprint density at radius 3 is 1.70 bits per heavy atom. The van der Waals surface area contributed by atoms with E-state index in [2.05, 4.69) is 12.1 Å². The molecular weight excluding hydrogens is 520 g/mol. The van der Waals surface area contributed by atoms with Crippen LogP contribution in [0.5, 0.6) is 0 Å². The molecule has 9 rings (SSSR count). The molecule has 0 aliphatic rings. The quantitative estimate of drug-likeness (QED) is 0.197. The van der Waals surface area contributed by atoms with E-state index >= 15 is 0 Å². The highest BCUT2D eigenvalue weighted by Crippen LogP contribution is 2.48. The van der Waals surface area contributed by atoms with Crippen LogP contribution in [-0.2, 0) is 0 Å². The first-order chi connectivity index (χ1) is 25.9. The van der Waals surface area contributed by atoms with Gasteiger partial charge in [-0.3, -0.25) is 0 Å². The van der Waals surface area contributed by atoms with Gasteiger partial charge in [0.25, 0.3) is 0 Å². The summed E-state index contributed by atoms with van der Waals surface area (Å²) in [5, 5.41) is 4.88. The van der Waals surface area contributed by atoms with E-state index in [1.807, 2.05) is 78.9 Å². The lowest BCUT2D eigenvalue weighted by Crippen LogP contribution is -1.93. The molecular formula is C42H26O. The lowest BCUT2D eigenvalue weighted by Gasteiger charge is -2.20. The SMILES string of the molecule is [2H]c1c([2H])c([2H])c(-c2c(-c3c4ccccc4c(-c4cccc5ccccc45)c4ccccc34)c([2H])c3c(oc4c([2H])c([2H])c([2H])c([2H])c43)c2[2H])c([2H])c1[2H]. The molecule has 0 amide bonds. The van der Waals surface area contributed by atoms with Gasteiger partial charge in [-0.05, 0) is 83.8 Å². The predicted molar refractivity (Wildman–Crippen MR) is 183 cm³/mol. The highest BCUT2D eigenvalue weighted by Gasteiger charge is 2.21. The van der Waals surface area contributed by atoms with Crippen molar-refractivity contribution in [1.82, 2.24) is 0 Å². The Labute approximate surface area is 264 Å². The fraction of sp³-hybridized carbons (Fsp3) is 0. The first kappa shape index (κ1) is 15.5. The van der Waals surface area contributed by atoms with Gasteiger partial charge >= 0.3 is 0 Å². The number of para-hydroxylation sites is 1. The van der Waals surface area contributed by atoms with E-state index in [-0.39, 0.29) is 44.7 Å². The largest absolute Gasteiger partial charge is 0.456 e. The summed E-state index contributed by atoms with van der Waals surface area (Å²) in [7, 11) is 0. The van der Waals surface area contributed by atoms with Crippen LogP contribution in [0.2, 0.25) is 0 Å². The zero-order valence-corrected chi connectivity index (χ0v) is 22.6. The molecule has 0 unspecified atom stereocenters. The molecule has 0 spiro atoms. The van der Waals surface area contributed by atoms with E-state index in [1.54, 1.807) is 0 Å². The van der Waals surface area contributed by atoms with Crippen molar-refractivity contribution in [2.75, 3.05) is 0 Å². The van der Waals surface area contributed by atoms with Gasteiger partial charge in [0.1, 0.15) is 11.2 Å². The van der Waals surface area contributed by atoms with E-state index in [9.17, 15) is 2.74 Å². The maximum absolute atomic E-state index is 9.97. The van der Waals surface area contributed by atoms with Crippen molar-refractivity contribution in [1.29, 1.82) is 0 Å². The van der Waals surface area contributed by atoms with Crippen molar-refractivity contribution in [3.8, 4) is 33.4 Å². The van der Waals surface area contributed by atoms with E-state index in [0.717, 1.165) is 32.7 Å². The Hall–Kier alpha value is -5.66. The second-order valence-electron chi connectivity index (χ2n) is 10.4. The Morgan fingerprint density at radius 2 is 0.977 bits per heavy atom. The molecule has 0 atom stereocenters. The van der Waals surface area contributed by atoms with Crippen LogP contribution in [0.25, 0.3) is 87.6 Å². The molecule has 0 radical (unpaired) electrons. The summed E-state index contributed by atoms with van der Waals surface area (Å²) in [4.78, 5) is 0. The Balaban J connectivity index is 1.57. The third-order valence-corrected chi connectivity index (χ3v) is 8.06. The van der Waals surface area contributed by atoms with Crippen molar-refractivity contribution in [3.05, 3.63) is 157 Å². The molecule has 0 aliphatic heterocycles. The molecule has 1 heterocycles. The first-order valence-corrected chi connectivity index (χ1v) is 13.9. The highest BCUT2D eigenvalue weighted by molar-refractivity contribution is 6.25. The molecule has 0 fully saturated rings. The molecule has 200 valence electrons. The molecule has 0 bridgehead atoms. The first-order valence-electron chi connectivity index (χ1n) is 19.4. The number of fused-ring (bicyclic) bond motifs is 6. The second kappa shape index (κ2) is 9.44. The topological polar surface area (TPSA) is 13.1 Å². The van der Waals surface area contributed by atoms with Gasteiger partial charge in [0.05, 0.1) is 15.1 Å². The standard InChI is InChI=1S/C42H26O/c1-2-13-28(14-3-1)36-26-40-37(30-18-10-11-24-39(30)43-40)25-38(36)42-34-21-8-6-19-32(34)41(33-20-7-9-22-35(33)42)31-23-12-16-27-15-4-5-17-29(27)31/h1-26H/i1D,2D,3D,10D,11D,13D,14D,18D,24D,25D,26D. The maximum atomic E-state index is 9.97. The van der Waals surface area contributed by atoms with Crippen LogP contribution < -0.4 is 0 Å². The molecule has 0 saturated heterocycles. The Kier molecular flexibility index (Phi) is 3.41. The van der Waals surface area contributed by atoms with E-state index < -0.39 is 60.4 Å². The molecule has 43 heavy (non-hydrogen) atoms. The normalized spacial score (nSPS) is 15.3. The van der Waals surface area contributed by atoms with Crippen LogP contribution in [0.3, 0.4) is 0 Å². The van der Waals surface area contributed by atoms with Gasteiger partial charge in [0, 0.05) is 10.8 Å². The van der Waals surface area contributed by atoms with Crippen molar-refractivity contribution in [2.24, 2.45) is 0 Å². The summed E-state index contributed by atoms with van der Waals surface area (Å²) in [6, 6.07) is 23.7. The van der Waals surface area contributed by atoms with Gasteiger partial charge < -0.3 is 4.42 Å². The minimum absolute atomic E-state index is 0.0422. The molecule has 0 aliphatic carbocycles. The maximum Gasteiger partial charge on any atom is 0.136 e. The van der Waals surface area contributed by atoms with Crippen LogP contribution in [-0.4, -0.2) is 0 Å². The van der Waals surface area contributed by atoms with Crippen molar-refractivity contribution >= 4 is 54.3 Å². The average molecular weight is 558 g/mol. The number of hydrogen-bond acceptors (Lipinski definition) is 1. The van der Waals surface area contributed by atoms with Crippen molar-refractivity contribution in [3.63, 3.8) is 0 Å². The van der Waals surface area contributed by atoms with Crippen LogP contribution in [0.4, 0.5) is 0 Å². The number of furan rings is 1. The molecule has 1 nitrogen and oxygen atoms in total. The predicted octanol–water partition coefficient (Wildman–Crippen LogP) is 12.0. The van der Waals surface area contributed by atoms with Crippen LogP contribution in [0, 0.1) is 0 Å². The smallest absolute Gasteiger partial charge is 0.136 e. The van der Waals surface area contributed by atoms with Gasteiger partial charge in [-0.2, -0.15) is 0 Å². The minimum atomic E-state index is -0.617. The zero-order valence-electron chi connectivity index (χ0n) is 33.6. The molecule has 1 aromatic heterocycles. The number of hydrogen-bond donors (Lipinski definition) is 0. The number of rotatable bonds is 3. The molecule has 8 aromatic carbocycles. The summed E-state index contributed by atoms with van der Waals surface area (Å²) < 4.78 is 103. The molecule has 0 saturated carbocycles. The van der Waals surface area contributed by atoms with Crippen LogP contribution >= 0.6 is 0 Å². The molecule has 0 N–H and O–H groups in total. The fourth-order valence-corrected chi connectivity index (χ4v) is 6.27. The monoisotopic (exact) mass is 557 g/mol. The highest BCUT2D eigenvalue weighted by atomic mass is 16.3. The lowest BCUT2D eigenvalue weighted by molar-refractivity contribution is 0.669. The molecule has 9 aromatic rings. The van der Waals surface area contributed by atoms with Gasteiger partial charge in [0.2, 0.25) is 0 Å². The summed E-state index contributed by atoms with van der Waals surface area (Å²) in [6.07, 6.45) is 0. The minimum Gasteiger partial charge on any atom is -0.456 e. The summed E-state index contributed by atoms with van der Waals surface area (Å²) in [6.45, 7) is 0. The van der Waals surface area contributed by atoms with E-state index in [1.165, 1.54) is 0 Å². The summed E-state index contributed by atoms with van der Waals surface area (Å²) >= 11 is 0. The van der Waals surface area contributed by atoms with Crippen LogP contribution in [0.15, 0.2) is 162 Å². The van der Waals surface area contributed by atoms with Gasteiger partial charge in [-0.15, -0.1) is 0 Å². The second-order valence-corrected chi connectivity index (χ2v) is 10.4. The Morgan fingerprint density at radius 1 is 0.395 bits per heavy atom. The van der Waals surface area contributed by atoms with Crippen molar-refractivity contribution in [2.45, 2.75) is 0 Å². The fourth-order valence-electron chi connectivity index (χ4n) is 6.27. The third kappa shape index (κ3) is 3.65. The summed E-state index contributed by atoms with van der Waals surface area (Å²) in [5.74, 6) is 0. The third-order valence-electron chi connectivity index (χ3n) is 8.06. The van der Waals surface area contributed by atoms with E-state index in [4.69, 9.17) is 16.8 Å². The average Bonchev–Trinajstić information content (AvgIpc) is 3.61. The summed E-state index contributed by atoms with van der Waals surface area (Å²) in [5.41, 5.74) is 1.47.